The van der Waals surface area contributed by atoms with E-state index >= 15 is 0 Å². The first-order chi connectivity index (χ1) is 6.52. The minimum Gasteiger partial charge on any atom is -0.385 e. The summed E-state index contributed by atoms with van der Waals surface area (Å²) in [5, 5.41) is 3.53. The van der Waals surface area contributed by atoms with E-state index in [1.807, 2.05) is 0 Å². The molecule has 0 heterocycles. The van der Waals surface area contributed by atoms with E-state index in [1.54, 1.807) is 7.11 Å². The second-order valence-corrected chi connectivity index (χ2v) is 4.90. The standard InChI is InChI=1S/C12H27NO/c1-6-12(3,4)8-9-13-11(2)7-10-14-5/h11,13H,6-10H2,1-5H3/t11-/m1/s1. The van der Waals surface area contributed by atoms with Crippen molar-refractivity contribution in [3.8, 4) is 0 Å². The second kappa shape index (κ2) is 7.24. The molecule has 1 N–H and O–H groups in total. The highest BCUT2D eigenvalue weighted by Gasteiger charge is 2.14. The SMILES string of the molecule is CCC(C)(C)CCN[C@H](C)CCOC. The molecule has 0 unspecified atom stereocenters. The van der Waals surface area contributed by atoms with Crippen LogP contribution < -0.4 is 5.32 Å². The lowest BCUT2D eigenvalue weighted by Crippen LogP contribution is -2.30. The topological polar surface area (TPSA) is 21.3 Å². The zero-order valence-electron chi connectivity index (χ0n) is 10.5. The molecule has 0 saturated heterocycles. The molecule has 0 amide bonds. The van der Waals surface area contributed by atoms with Gasteiger partial charge in [-0.15, -0.1) is 0 Å². The molecule has 2 nitrogen and oxygen atoms in total. The summed E-state index contributed by atoms with van der Waals surface area (Å²) < 4.78 is 5.04. The number of hydrogen-bond acceptors (Lipinski definition) is 2. The molecular formula is C12H27NO. The molecule has 0 aromatic carbocycles. The number of hydrogen-bond donors (Lipinski definition) is 1. The van der Waals surface area contributed by atoms with Crippen LogP contribution in [0.3, 0.4) is 0 Å². The van der Waals surface area contributed by atoms with Gasteiger partial charge in [0, 0.05) is 19.8 Å². The Morgan fingerprint density at radius 3 is 2.50 bits per heavy atom. The van der Waals surface area contributed by atoms with E-state index in [1.165, 1.54) is 12.8 Å². The van der Waals surface area contributed by atoms with Crippen molar-refractivity contribution >= 4 is 0 Å². The molecule has 0 aliphatic carbocycles. The molecule has 0 rings (SSSR count). The first kappa shape index (κ1) is 13.9. The quantitative estimate of drug-likeness (QED) is 0.652. The van der Waals surface area contributed by atoms with Crippen LogP contribution in [0.2, 0.25) is 0 Å². The Morgan fingerprint density at radius 2 is 2.00 bits per heavy atom. The molecule has 1 atom stereocenters. The number of nitrogens with one attached hydrogen (secondary N) is 1. The van der Waals surface area contributed by atoms with Crippen molar-refractivity contribution in [3.63, 3.8) is 0 Å². The first-order valence-electron chi connectivity index (χ1n) is 5.74. The Labute approximate surface area is 89.4 Å². The molecule has 0 saturated carbocycles. The highest BCUT2D eigenvalue weighted by Crippen LogP contribution is 2.23. The van der Waals surface area contributed by atoms with E-state index in [0.717, 1.165) is 19.6 Å². The van der Waals surface area contributed by atoms with Crippen LogP contribution in [0.15, 0.2) is 0 Å². The van der Waals surface area contributed by atoms with Crippen molar-refractivity contribution in [2.75, 3.05) is 20.3 Å². The third-order valence-electron chi connectivity index (χ3n) is 3.01. The summed E-state index contributed by atoms with van der Waals surface area (Å²) in [5.74, 6) is 0. The van der Waals surface area contributed by atoms with Crippen molar-refractivity contribution in [2.24, 2.45) is 5.41 Å². The van der Waals surface area contributed by atoms with Crippen molar-refractivity contribution in [3.05, 3.63) is 0 Å². The Morgan fingerprint density at radius 1 is 1.36 bits per heavy atom. The van der Waals surface area contributed by atoms with Gasteiger partial charge in [-0.25, -0.2) is 0 Å². The summed E-state index contributed by atoms with van der Waals surface area (Å²) in [6.07, 6.45) is 3.60. The third-order valence-corrected chi connectivity index (χ3v) is 3.01. The van der Waals surface area contributed by atoms with Gasteiger partial charge in [0.2, 0.25) is 0 Å². The van der Waals surface area contributed by atoms with E-state index in [-0.39, 0.29) is 0 Å². The van der Waals surface area contributed by atoms with Gasteiger partial charge >= 0.3 is 0 Å². The summed E-state index contributed by atoms with van der Waals surface area (Å²) >= 11 is 0. The van der Waals surface area contributed by atoms with E-state index in [0.29, 0.717) is 11.5 Å². The average molecular weight is 201 g/mol. The molecule has 2 heteroatoms. The fourth-order valence-corrected chi connectivity index (χ4v) is 1.23. The largest absolute Gasteiger partial charge is 0.385 e. The summed E-state index contributed by atoms with van der Waals surface area (Å²) in [4.78, 5) is 0. The van der Waals surface area contributed by atoms with Crippen LogP contribution in [0.25, 0.3) is 0 Å². The Balaban J connectivity index is 3.43. The third kappa shape index (κ3) is 7.34. The molecule has 86 valence electrons. The van der Waals surface area contributed by atoms with Crippen LogP contribution in [0.4, 0.5) is 0 Å². The van der Waals surface area contributed by atoms with Gasteiger partial charge in [-0.3, -0.25) is 0 Å². The van der Waals surface area contributed by atoms with Crippen molar-refractivity contribution in [1.82, 2.24) is 5.32 Å². The van der Waals surface area contributed by atoms with Crippen LogP contribution in [0.1, 0.15) is 47.0 Å². The van der Waals surface area contributed by atoms with Gasteiger partial charge in [-0.2, -0.15) is 0 Å². The maximum absolute atomic E-state index is 5.04. The zero-order valence-corrected chi connectivity index (χ0v) is 10.5. The van der Waals surface area contributed by atoms with Gasteiger partial charge in [0.25, 0.3) is 0 Å². The van der Waals surface area contributed by atoms with Gasteiger partial charge < -0.3 is 10.1 Å². The lowest BCUT2D eigenvalue weighted by molar-refractivity contribution is 0.183. The molecule has 0 fully saturated rings. The summed E-state index contributed by atoms with van der Waals surface area (Å²) in [5.41, 5.74) is 0.480. The normalized spacial score (nSPS) is 14.4. The maximum atomic E-state index is 5.04. The van der Waals surface area contributed by atoms with Crippen LogP contribution >= 0.6 is 0 Å². The van der Waals surface area contributed by atoms with Gasteiger partial charge in [0.15, 0.2) is 0 Å². The molecule has 0 aromatic heterocycles. The molecule has 0 aliphatic heterocycles. The molecule has 0 radical (unpaired) electrons. The highest BCUT2D eigenvalue weighted by molar-refractivity contribution is 4.69. The van der Waals surface area contributed by atoms with E-state index in [2.05, 4.69) is 33.0 Å². The van der Waals surface area contributed by atoms with Gasteiger partial charge in [0.05, 0.1) is 0 Å². The van der Waals surface area contributed by atoms with Gasteiger partial charge in [-0.05, 0) is 31.7 Å². The van der Waals surface area contributed by atoms with E-state index in [4.69, 9.17) is 4.74 Å². The lowest BCUT2D eigenvalue weighted by Gasteiger charge is -2.23. The van der Waals surface area contributed by atoms with Crippen LogP contribution in [0.5, 0.6) is 0 Å². The first-order valence-corrected chi connectivity index (χ1v) is 5.74. The summed E-state index contributed by atoms with van der Waals surface area (Å²) in [6, 6.07) is 0.572. The van der Waals surface area contributed by atoms with Gasteiger partial charge in [-0.1, -0.05) is 27.2 Å². The number of ether oxygens (including phenoxy) is 1. The fourth-order valence-electron chi connectivity index (χ4n) is 1.23. The number of methoxy groups -OCH3 is 1. The van der Waals surface area contributed by atoms with Gasteiger partial charge in [0.1, 0.15) is 0 Å². The zero-order chi connectivity index (χ0) is 11.0. The predicted octanol–water partition coefficient (Wildman–Crippen LogP) is 2.83. The average Bonchev–Trinajstić information content (AvgIpc) is 2.14. The Hall–Kier alpha value is -0.0800. The maximum Gasteiger partial charge on any atom is 0.0476 e. The van der Waals surface area contributed by atoms with Crippen LogP contribution in [-0.4, -0.2) is 26.3 Å². The molecule has 0 aliphatic rings. The van der Waals surface area contributed by atoms with Crippen molar-refractivity contribution in [2.45, 2.75) is 53.0 Å². The minimum atomic E-state index is 0.480. The van der Waals surface area contributed by atoms with Crippen LogP contribution in [0, 0.1) is 5.41 Å². The molecule has 14 heavy (non-hydrogen) atoms. The molecule has 0 bridgehead atoms. The Kier molecular flexibility index (Phi) is 7.20. The predicted molar refractivity (Wildman–Crippen MR) is 62.6 cm³/mol. The number of rotatable bonds is 8. The van der Waals surface area contributed by atoms with Crippen molar-refractivity contribution < 1.29 is 4.74 Å². The minimum absolute atomic E-state index is 0.480. The fraction of sp³-hybridized carbons (Fsp3) is 1.00. The lowest BCUT2D eigenvalue weighted by atomic mass is 9.86. The van der Waals surface area contributed by atoms with E-state index in [9.17, 15) is 0 Å². The summed E-state index contributed by atoms with van der Waals surface area (Å²) in [7, 11) is 1.76. The smallest absolute Gasteiger partial charge is 0.0476 e. The highest BCUT2D eigenvalue weighted by atomic mass is 16.5. The summed E-state index contributed by atoms with van der Waals surface area (Å²) in [6.45, 7) is 11.1. The molecular weight excluding hydrogens is 174 g/mol. The molecule has 0 spiro atoms. The Bertz CT molecular complexity index is 134. The van der Waals surface area contributed by atoms with Crippen molar-refractivity contribution in [1.29, 1.82) is 0 Å². The van der Waals surface area contributed by atoms with E-state index < -0.39 is 0 Å². The molecule has 0 aromatic rings. The monoisotopic (exact) mass is 201 g/mol. The second-order valence-electron chi connectivity index (χ2n) is 4.90. The van der Waals surface area contributed by atoms with Crippen LogP contribution in [-0.2, 0) is 4.74 Å².